The topological polar surface area (TPSA) is 127 Å². The first-order chi connectivity index (χ1) is 9.89. The van der Waals surface area contributed by atoms with Crippen LogP contribution in [-0.4, -0.2) is 46.3 Å². The van der Waals surface area contributed by atoms with Crippen LogP contribution >= 0.6 is 0 Å². The van der Waals surface area contributed by atoms with Crippen LogP contribution in [0.2, 0.25) is 0 Å². The highest BCUT2D eigenvalue weighted by Crippen LogP contribution is 2.08. The van der Waals surface area contributed by atoms with Gasteiger partial charge in [-0.2, -0.15) is 0 Å². The molecule has 1 heterocycles. The van der Waals surface area contributed by atoms with Crippen molar-refractivity contribution in [1.82, 2.24) is 0 Å². The minimum Gasteiger partial charge on any atom is -0.478 e. The Morgan fingerprint density at radius 3 is 1.18 bits per heavy atom. The first kappa shape index (κ1) is 21.7. The number of rotatable bonds is 2. The predicted octanol–water partition coefficient (Wildman–Crippen LogP) is 1.16. The van der Waals surface area contributed by atoms with Gasteiger partial charge in [-0.1, -0.05) is 13.2 Å². The molecule has 2 unspecified atom stereocenters. The summed E-state index contributed by atoms with van der Waals surface area (Å²) in [6, 6.07) is 0. The van der Waals surface area contributed by atoms with Crippen LogP contribution in [0.3, 0.4) is 0 Å². The van der Waals surface area contributed by atoms with E-state index in [9.17, 15) is 19.2 Å². The molecule has 0 amide bonds. The van der Waals surface area contributed by atoms with Gasteiger partial charge in [-0.3, -0.25) is 0 Å². The number of esters is 2. The Morgan fingerprint density at radius 1 is 0.864 bits per heavy atom. The van der Waals surface area contributed by atoms with Crippen molar-refractivity contribution in [3.8, 4) is 0 Å². The number of hydrogen-bond acceptors (Lipinski definition) is 6. The number of carboxylic acids is 2. The average molecular weight is 316 g/mol. The normalized spacial score (nSPS) is 19.1. The lowest BCUT2D eigenvalue weighted by molar-refractivity contribution is -0.191. The van der Waals surface area contributed by atoms with Crippen molar-refractivity contribution in [1.29, 1.82) is 0 Å². The van der Waals surface area contributed by atoms with Crippen LogP contribution in [0.15, 0.2) is 24.3 Å². The van der Waals surface area contributed by atoms with Crippen molar-refractivity contribution in [3.63, 3.8) is 0 Å². The Balaban J connectivity index is 0. The number of ether oxygens (including phenoxy) is 2. The Kier molecular flexibility index (Phi) is 9.98. The summed E-state index contributed by atoms with van der Waals surface area (Å²) in [5.74, 6) is -2.83. The fourth-order valence-corrected chi connectivity index (χ4v) is 0.636. The Hall–Kier alpha value is -2.64. The van der Waals surface area contributed by atoms with E-state index in [4.69, 9.17) is 10.2 Å². The molecule has 0 spiro atoms. The number of aliphatic carboxylic acids is 2. The monoisotopic (exact) mass is 316 g/mol. The van der Waals surface area contributed by atoms with Gasteiger partial charge in [0.15, 0.2) is 12.2 Å². The molecule has 8 heteroatoms. The van der Waals surface area contributed by atoms with Crippen molar-refractivity contribution in [3.05, 3.63) is 24.3 Å². The largest absolute Gasteiger partial charge is 0.478 e. The zero-order chi connectivity index (χ0) is 18.0. The minimum absolute atomic E-state index is 0.176. The van der Waals surface area contributed by atoms with Gasteiger partial charge in [0.25, 0.3) is 0 Å². The molecule has 1 saturated heterocycles. The van der Waals surface area contributed by atoms with E-state index in [-0.39, 0.29) is 11.1 Å². The second-order valence-electron chi connectivity index (χ2n) is 4.33. The number of carbonyl (C=O) groups is 4. The maximum Gasteiger partial charge on any atom is 0.347 e. The van der Waals surface area contributed by atoms with Crippen LogP contribution < -0.4 is 0 Å². The van der Waals surface area contributed by atoms with Gasteiger partial charge < -0.3 is 19.7 Å². The van der Waals surface area contributed by atoms with E-state index in [1.165, 1.54) is 27.7 Å². The van der Waals surface area contributed by atoms with E-state index in [2.05, 4.69) is 22.6 Å². The van der Waals surface area contributed by atoms with Gasteiger partial charge in [0.1, 0.15) is 0 Å². The quantitative estimate of drug-likeness (QED) is 0.574. The molecule has 22 heavy (non-hydrogen) atoms. The first-order valence-corrected chi connectivity index (χ1v) is 6.08. The Morgan fingerprint density at radius 2 is 1.05 bits per heavy atom. The third kappa shape index (κ3) is 10.2. The lowest BCUT2D eigenvalue weighted by Crippen LogP contribution is -2.40. The van der Waals surface area contributed by atoms with Gasteiger partial charge in [0.05, 0.1) is 0 Å². The lowest BCUT2D eigenvalue weighted by atomic mass is 10.3. The van der Waals surface area contributed by atoms with Crippen LogP contribution in [0.1, 0.15) is 27.7 Å². The first-order valence-electron chi connectivity index (χ1n) is 6.08. The van der Waals surface area contributed by atoms with Crippen LogP contribution in [0.5, 0.6) is 0 Å². The molecule has 1 rings (SSSR count). The zero-order valence-electron chi connectivity index (χ0n) is 12.9. The summed E-state index contributed by atoms with van der Waals surface area (Å²) >= 11 is 0. The summed E-state index contributed by atoms with van der Waals surface area (Å²) in [4.78, 5) is 40.5. The maximum absolute atomic E-state index is 10.7. The van der Waals surface area contributed by atoms with E-state index >= 15 is 0 Å². The summed E-state index contributed by atoms with van der Waals surface area (Å²) in [5.41, 5.74) is 0.352. The molecule has 0 aromatic carbocycles. The highest BCUT2D eigenvalue weighted by molar-refractivity contribution is 5.87. The molecule has 124 valence electrons. The SMILES string of the molecule is C=C(C)C(=O)O.C=C(C)C(=O)O.CC1OC(=O)C(C)OC1=O. The fraction of sp³-hybridized carbons (Fsp3) is 0.429. The van der Waals surface area contributed by atoms with Crippen LogP contribution in [-0.2, 0) is 28.7 Å². The van der Waals surface area contributed by atoms with E-state index in [0.29, 0.717) is 0 Å². The van der Waals surface area contributed by atoms with E-state index < -0.39 is 36.1 Å². The van der Waals surface area contributed by atoms with Gasteiger partial charge in [-0.25, -0.2) is 19.2 Å². The molecule has 0 radical (unpaired) electrons. The molecule has 1 aliphatic rings. The summed E-state index contributed by atoms with van der Waals surface area (Å²) in [6.07, 6.45) is -1.49. The fourth-order valence-electron chi connectivity index (χ4n) is 0.636. The van der Waals surface area contributed by atoms with Gasteiger partial charge >= 0.3 is 23.9 Å². The molecular weight excluding hydrogens is 296 g/mol. The van der Waals surface area contributed by atoms with Gasteiger partial charge in [0.2, 0.25) is 0 Å². The van der Waals surface area contributed by atoms with E-state index in [1.54, 1.807) is 0 Å². The van der Waals surface area contributed by atoms with Crippen molar-refractivity contribution in [2.45, 2.75) is 39.9 Å². The average Bonchev–Trinajstić information content (AvgIpc) is 2.37. The van der Waals surface area contributed by atoms with Crippen molar-refractivity contribution >= 4 is 23.9 Å². The maximum atomic E-state index is 10.7. The van der Waals surface area contributed by atoms with Crippen molar-refractivity contribution in [2.24, 2.45) is 0 Å². The predicted molar refractivity (Wildman–Crippen MR) is 76.0 cm³/mol. The van der Waals surface area contributed by atoms with Gasteiger partial charge in [-0.05, 0) is 27.7 Å². The molecule has 0 bridgehead atoms. The molecule has 0 aromatic rings. The van der Waals surface area contributed by atoms with Crippen molar-refractivity contribution in [2.75, 3.05) is 0 Å². The second-order valence-corrected chi connectivity index (χ2v) is 4.33. The highest BCUT2D eigenvalue weighted by Gasteiger charge is 2.32. The molecule has 1 fully saturated rings. The molecule has 2 N–H and O–H groups in total. The van der Waals surface area contributed by atoms with Gasteiger partial charge in [-0.15, -0.1) is 0 Å². The molecular formula is C14H20O8. The molecule has 8 nitrogen and oxygen atoms in total. The summed E-state index contributed by atoms with van der Waals surface area (Å²) in [5, 5.41) is 15.8. The molecule has 0 aliphatic carbocycles. The number of hydrogen-bond donors (Lipinski definition) is 2. The zero-order valence-corrected chi connectivity index (χ0v) is 12.9. The molecule has 2 atom stereocenters. The molecule has 0 saturated carbocycles. The Bertz CT molecular complexity index is 409. The number of carbonyl (C=O) groups excluding carboxylic acids is 2. The summed E-state index contributed by atoms with van der Waals surface area (Å²) < 4.78 is 9.19. The molecule has 1 aliphatic heterocycles. The van der Waals surface area contributed by atoms with E-state index in [1.807, 2.05) is 0 Å². The van der Waals surface area contributed by atoms with Crippen LogP contribution in [0.4, 0.5) is 0 Å². The van der Waals surface area contributed by atoms with E-state index in [0.717, 1.165) is 0 Å². The Labute approximate surface area is 128 Å². The summed E-state index contributed by atoms with van der Waals surface area (Å²) in [7, 11) is 0. The van der Waals surface area contributed by atoms with Crippen LogP contribution in [0.25, 0.3) is 0 Å². The molecule has 0 aromatic heterocycles. The summed E-state index contributed by atoms with van der Waals surface area (Å²) in [6.45, 7) is 12.2. The smallest absolute Gasteiger partial charge is 0.347 e. The third-order valence-electron chi connectivity index (χ3n) is 1.98. The number of carboxylic acid groups (broad SMARTS) is 2. The number of cyclic esters (lactones) is 2. The standard InChI is InChI=1S/C6H8O4.2C4H6O2/c1-3-5(7)10-4(2)6(8)9-3;2*1-3(2)4(5)6/h3-4H,1-2H3;2*1H2,2H3,(H,5,6). The lowest BCUT2D eigenvalue weighted by Gasteiger charge is -2.22. The third-order valence-corrected chi connectivity index (χ3v) is 1.98. The highest BCUT2D eigenvalue weighted by atomic mass is 16.6. The van der Waals surface area contributed by atoms with Crippen molar-refractivity contribution < 1.29 is 38.9 Å². The van der Waals surface area contributed by atoms with Gasteiger partial charge in [0, 0.05) is 11.1 Å². The second kappa shape index (κ2) is 10.1. The minimum atomic E-state index is -0.935. The van der Waals surface area contributed by atoms with Crippen LogP contribution in [0, 0.1) is 0 Å².